The third kappa shape index (κ3) is 6.05. The Morgan fingerprint density at radius 2 is 1.38 bits per heavy atom. The average molecular weight is 353 g/mol. The molecule has 6 heteroatoms. The van der Waals surface area contributed by atoms with Gasteiger partial charge in [-0.25, -0.2) is 0 Å². The highest BCUT2D eigenvalue weighted by atomic mass is 16.2. The minimum atomic E-state index is -0.885. The summed E-state index contributed by atoms with van der Waals surface area (Å²) in [7, 11) is 0. The second-order valence-electron chi connectivity index (χ2n) is 6.04. The molecule has 0 aliphatic heterocycles. The number of carbonyl (C=O) groups excluding carboxylic acids is 3. The predicted molar refractivity (Wildman–Crippen MR) is 100 cm³/mol. The molecule has 6 nitrogen and oxygen atoms in total. The first-order chi connectivity index (χ1) is 12.5. The fourth-order valence-corrected chi connectivity index (χ4v) is 2.34. The van der Waals surface area contributed by atoms with E-state index in [9.17, 15) is 14.4 Å². The summed E-state index contributed by atoms with van der Waals surface area (Å²) in [5, 5.41) is 8.01. The van der Waals surface area contributed by atoms with Gasteiger partial charge in [-0.1, -0.05) is 48.5 Å². The standard InChI is InChI=1S/C20H23N3O3/c1-14(20(26)23-17-11-7-4-8-12-17)19(25)22-15(2)21-18(24)13-16-9-5-3-6-10-16/h3-12,14-15H,13H2,1-2H3,(H,21,24)(H,22,25)(H,23,26). The first-order valence-electron chi connectivity index (χ1n) is 8.45. The number of carbonyl (C=O) groups is 3. The van der Waals surface area contributed by atoms with Gasteiger partial charge in [0.05, 0.1) is 12.6 Å². The van der Waals surface area contributed by atoms with Crippen molar-refractivity contribution in [2.45, 2.75) is 26.4 Å². The van der Waals surface area contributed by atoms with Crippen LogP contribution in [0.25, 0.3) is 0 Å². The van der Waals surface area contributed by atoms with Gasteiger partial charge < -0.3 is 16.0 Å². The Morgan fingerprint density at radius 3 is 2.00 bits per heavy atom. The van der Waals surface area contributed by atoms with Crippen LogP contribution in [0.2, 0.25) is 0 Å². The zero-order valence-corrected chi connectivity index (χ0v) is 14.9. The number of amides is 3. The van der Waals surface area contributed by atoms with Crippen LogP contribution in [-0.4, -0.2) is 23.9 Å². The Morgan fingerprint density at radius 1 is 0.808 bits per heavy atom. The Hall–Kier alpha value is -3.15. The van der Waals surface area contributed by atoms with Gasteiger partial charge in [0.15, 0.2) is 0 Å². The van der Waals surface area contributed by atoms with Gasteiger partial charge in [-0.2, -0.15) is 0 Å². The SMILES string of the molecule is CC(NC(=O)Cc1ccccc1)NC(=O)C(C)C(=O)Nc1ccccc1. The van der Waals surface area contributed by atoms with Crippen molar-refractivity contribution in [1.82, 2.24) is 10.6 Å². The quantitative estimate of drug-likeness (QED) is 0.526. The van der Waals surface area contributed by atoms with Crippen molar-refractivity contribution in [3.8, 4) is 0 Å². The van der Waals surface area contributed by atoms with Crippen molar-refractivity contribution in [1.29, 1.82) is 0 Å². The van der Waals surface area contributed by atoms with Crippen molar-refractivity contribution < 1.29 is 14.4 Å². The van der Waals surface area contributed by atoms with Gasteiger partial charge in [-0.05, 0) is 31.5 Å². The van der Waals surface area contributed by atoms with Crippen LogP contribution in [0.3, 0.4) is 0 Å². The molecule has 0 aliphatic carbocycles. The Bertz CT molecular complexity index is 747. The minimum Gasteiger partial charge on any atom is -0.336 e. The molecule has 2 atom stereocenters. The molecular weight excluding hydrogens is 330 g/mol. The zero-order valence-electron chi connectivity index (χ0n) is 14.9. The maximum atomic E-state index is 12.2. The lowest BCUT2D eigenvalue weighted by atomic mass is 10.1. The molecule has 2 aromatic carbocycles. The van der Waals surface area contributed by atoms with Crippen LogP contribution in [0.1, 0.15) is 19.4 Å². The second kappa shape index (κ2) is 9.36. The number of benzene rings is 2. The summed E-state index contributed by atoms with van der Waals surface area (Å²) in [6.45, 7) is 3.18. The lowest BCUT2D eigenvalue weighted by molar-refractivity contribution is -0.132. The molecule has 0 aromatic heterocycles. The van der Waals surface area contributed by atoms with Crippen LogP contribution in [0.5, 0.6) is 0 Å². The topological polar surface area (TPSA) is 87.3 Å². The van der Waals surface area contributed by atoms with Gasteiger partial charge in [0.25, 0.3) is 0 Å². The predicted octanol–water partition coefficient (Wildman–Crippen LogP) is 2.08. The Balaban J connectivity index is 1.80. The molecular formula is C20H23N3O3. The lowest BCUT2D eigenvalue weighted by Crippen LogP contribution is -2.49. The summed E-state index contributed by atoms with van der Waals surface area (Å²) in [6.07, 6.45) is -0.351. The van der Waals surface area contributed by atoms with Crippen molar-refractivity contribution in [2.75, 3.05) is 5.32 Å². The smallest absolute Gasteiger partial charge is 0.236 e. The summed E-state index contributed by atoms with van der Waals surface area (Å²) < 4.78 is 0. The number of anilines is 1. The molecule has 2 unspecified atom stereocenters. The molecule has 0 spiro atoms. The third-order valence-electron chi connectivity index (χ3n) is 3.77. The number of para-hydroxylation sites is 1. The molecule has 0 fully saturated rings. The highest BCUT2D eigenvalue weighted by molar-refractivity contribution is 6.06. The van der Waals surface area contributed by atoms with E-state index in [0.717, 1.165) is 5.56 Å². The monoisotopic (exact) mass is 353 g/mol. The van der Waals surface area contributed by atoms with Crippen molar-refractivity contribution >= 4 is 23.4 Å². The van der Waals surface area contributed by atoms with Gasteiger partial charge in [0.1, 0.15) is 5.92 Å². The first kappa shape index (κ1) is 19.2. The van der Waals surface area contributed by atoms with Gasteiger partial charge >= 0.3 is 0 Å². The summed E-state index contributed by atoms with van der Waals surface area (Å²) >= 11 is 0. The van der Waals surface area contributed by atoms with Gasteiger partial charge in [-0.3, -0.25) is 14.4 Å². The first-order valence-corrected chi connectivity index (χ1v) is 8.45. The molecule has 26 heavy (non-hydrogen) atoms. The average Bonchev–Trinajstić information content (AvgIpc) is 2.62. The number of hydrogen-bond donors (Lipinski definition) is 3. The van der Waals surface area contributed by atoms with Crippen LogP contribution in [0.4, 0.5) is 5.69 Å². The van der Waals surface area contributed by atoms with Crippen LogP contribution in [-0.2, 0) is 20.8 Å². The highest BCUT2D eigenvalue weighted by Crippen LogP contribution is 2.08. The molecule has 0 saturated heterocycles. The van der Waals surface area contributed by atoms with Crippen molar-refractivity contribution in [3.63, 3.8) is 0 Å². The molecule has 2 aromatic rings. The second-order valence-corrected chi connectivity index (χ2v) is 6.04. The number of hydrogen-bond acceptors (Lipinski definition) is 3. The largest absolute Gasteiger partial charge is 0.336 e. The molecule has 3 N–H and O–H groups in total. The van der Waals surface area contributed by atoms with E-state index in [0.29, 0.717) is 5.69 Å². The van der Waals surface area contributed by atoms with E-state index in [1.807, 2.05) is 36.4 Å². The summed E-state index contributed by atoms with van der Waals surface area (Å²) in [6, 6.07) is 18.2. The van der Waals surface area contributed by atoms with Crippen LogP contribution < -0.4 is 16.0 Å². The van der Waals surface area contributed by atoms with Gasteiger partial charge in [0, 0.05) is 5.69 Å². The van der Waals surface area contributed by atoms with Gasteiger partial charge in [0.2, 0.25) is 17.7 Å². The summed E-state index contributed by atoms with van der Waals surface area (Å²) in [4.78, 5) is 36.3. The maximum absolute atomic E-state index is 12.2. The highest BCUT2D eigenvalue weighted by Gasteiger charge is 2.23. The van der Waals surface area contributed by atoms with E-state index in [4.69, 9.17) is 0 Å². The number of rotatable bonds is 7. The zero-order chi connectivity index (χ0) is 18.9. The molecule has 3 amide bonds. The van der Waals surface area contributed by atoms with Crippen molar-refractivity contribution in [3.05, 3.63) is 66.2 Å². The summed E-state index contributed by atoms with van der Waals surface area (Å²) in [5.41, 5.74) is 1.51. The fraction of sp³-hybridized carbons (Fsp3) is 0.250. The van der Waals surface area contributed by atoms with Crippen molar-refractivity contribution in [2.24, 2.45) is 5.92 Å². The van der Waals surface area contributed by atoms with Crippen LogP contribution in [0.15, 0.2) is 60.7 Å². The normalized spacial score (nSPS) is 12.5. The van der Waals surface area contributed by atoms with E-state index < -0.39 is 23.9 Å². The minimum absolute atomic E-state index is 0.203. The van der Waals surface area contributed by atoms with Crippen LogP contribution in [0, 0.1) is 5.92 Å². The molecule has 136 valence electrons. The molecule has 2 rings (SSSR count). The van der Waals surface area contributed by atoms with E-state index in [1.165, 1.54) is 6.92 Å². The Kier molecular flexibility index (Phi) is 6.91. The van der Waals surface area contributed by atoms with E-state index in [1.54, 1.807) is 31.2 Å². The molecule has 0 saturated carbocycles. The van der Waals surface area contributed by atoms with E-state index in [2.05, 4.69) is 16.0 Å². The Labute approximate surface area is 153 Å². The number of nitrogens with one attached hydrogen (secondary N) is 3. The third-order valence-corrected chi connectivity index (χ3v) is 3.77. The molecule has 0 heterocycles. The van der Waals surface area contributed by atoms with E-state index >= 15 is 0 Å². The maximum Gasteiger partial charge on any atom is 0.236 e. The molecule has 0 radical (unpaired) electrons. The van der Waals surface area contributed by atoms with E-state index in [-0.39, 0.29) is 12.3 Å². The lowest BCUT2D eigenvalue weighted by Gasteiger charge is -2.18. The molecule has 0 bridgehead atoms. The fourth-order valence-electron chi connectivity index (χ4n) is 2.34. The van der Waals surface area contributed by atoms with Gasteiger partial charge in [-0.15, -0.1) is 0 Å². The van der Waals surface area contributed by atoms with Crippen LogP contribution >= 0.6 is 0 Å². The summed E-state index contributed by atoms with van der Waals surface area (Å²) in [5.74, 6) is -1.95. The molecule has 0 aliphatic rings.